The van der Waals surface area contributed by atoms with E-state index in [4.69, 9.17) is 4.74 Å². The van der Waals surface area contributed by atoms with Crippen LogP contribution < -0.4 is 4.74 Å². The molecule has 0 aliphatic heterocycles. The average Bonchev–Trinajstić information content (AvgIpc) is 2.59. The highest BCUT2D eigenvalue weighted by atomic mass is 19.1. The smallest absolute Gasteiger partial charge is 0.203 e. The molecule has 26 heavy (non-hydrogen) atoms. The number of hydrogen-bond donors (Lipinski definition) is 2. The van der Waals surface area contributed by atoms with Gasteiger partial charge in [0.25, 0.3) is 0 Å². The number of Topliss-reactive ketones (excluding diaryl/α,β-unsaturated/α-hetero) is 1. The molecule has 0 heterocycles. The fourth-order valence-electron chi connectivity index (χ4n) is 2.60. The number of ether oxygens (including phenoxy) is 1. The molecule has 0 saturated carbocycles. The number of phenols is 2. The van der Waals surface area contributed by atoms with Crippen LogP contribution in [0.2, 0.25) is 0 Å². The molecule has 2 N–H and O–H groups in total. The summed E-state index contributed by atoms with van der Waals surface area (Å²) in [4.78, 5) is 12.3. The average molecular weight is 364 g/mol. The second-order valence-electron chi connectivity index (χ2n) is 6.10. The molecule has 6 heteroatoms. The Balaban J connectivity index is 2.07. The second kappa shape index (κ2) is 9.17. The number of benzene rings is 2. The van der Waals surface area contributed by atoms with Crippen LogP contribution in [0.15, 0.2) is 30.3 Å². The van der Waals surface area contributed by atoms with Crippen molar-refractivity contribution in [3.05, 3.63) is 53.1 Å². The molecule has 4 nitrogen and oxygen atoms in total. The van der Waals surface area contributed by atoms with Gasteiger partial charge in [-0.2, -0.15) is 0 Å². The van der Waals surface area contributed by atoms with Gasteiger partial charge in [-0.1, -0.05) is 26.2 Å². The molecule has 0 bridgehead atoms. The predicted octanol–water partition coefficient (Wildman–Crippen LogP) is 4.76. The lowest BCUT2D eigenvalue weighted by atomic mass is 10.0. The van der Waals surface area contributed by atoms with Crippen LogP contribution in [0.3, 0.4) is 0 Å². The first-order chi connectivity index (χ1) is 12.4. The van der Waals surface area contributed by atoms with Crippen molar-refractivity contribution in [2.75, 3.05) is 6.61 Å². The topological polar surface area (TPSA) is 66.8 Å². The lowest BCUT2D eigenvalue weighted by Gasteiger charge is -2.11. The van der Waals surface area contributed by atoms with Crippen molar-refractivity contribution in [2.45, 2.75) is 39.0 Å². The SMILES string of the molecule is CCCCCCc1cc(C(=O)COc2ccc(F)cc2F)c(O)cc1O. The van der Waals surface area contributed by atoms with Gasteiger partial charge in [0.2, 0.25) is 5.78 Å². The van der Waals surface area contributed by atoms with Gasteiger partial charge in [0.1, 0.15) is 17.3 Å². The van der Waals surface area contributed by atoms with Crippen LogP contribution in [-0.2, 0) is 6.42 Å². The fourth-order valence-corrected chi connectivity index (χ4v) is 2.60. The Morgan fingerprint density at radius 1 is 1.04 bits per heavy atom. The summed E-state index contributed by atoms with van der Waals surface area (Å²) in [6, 6.07) is 5.33. The van der Waals surface area contributed by atoms with Crippen LogP contribution in [0, 0.1) is 11.6 Å². The minimum absolute atomic E-state index is 0.00388. The highest BCUT2D eigenvalue weighted by molar-refractivity contribution is 6.00. The lowest BCUT2D eigenvalue weighted by Crippen LogP contribution is -2.13. The molecule has 0 amide bonds. The summed E-state index contributed by atoms with van der Waals surface area (Å²) in [6.07, 6.45) is 4.62. The summed E-state index contributed by atoms with van der Waals surface area (Å²) in [7, 11) is 0. The number of hydrogen-bond acceptors (Lipinski definition) is 4. The normalized spacial score (nSPS) is 10.7. The van der Waals surface area contributed by atoms with Crippen LogP contribution in [0.5, 0.6) is 17.2 Å². The molecule has 2 aromatic carbocycles. The largest absolute Gasteiger partial charge is 0.508 e. The molecule has 0 aliphatic carbocycles. The quantitative estimate of drug-likeness (QED) is 0.497. The van der Waals surface area contributed by atoms with E-state index < -0.39 is 24.0 Å². The Morgan fingerprint density at radius 2 is 1.81 bits per heavy atom. The van der Waals surface area contributed by atoms with Crippen molar-refractivity contribution in [3.8, 4) is 17.2 Å². The molecule has 0 unspecified atom stereocenters. The lowest BCUT2D eigenvalue weighted by molar-refractivity contribution is 0.0916. The van der Waals surface area contributed by atoms with Crippen molar-refractivity contribution in [2.24, 2.45) is 0 Å². The van der Waals surface area contributed by atoms with Crippen LogP contribution in [0.4, 0.5) is 8.78 Å². The molecule has 2 aromatic rings. The zero-order valence-corrected chi connectivity index (χ0v) is 14.6. The highest BCUT2D eigenvalue weighted by Gasteiger charge is 2.17. The number of carbonyl (C=O) groups excluding carboxylic acids is 1. The minimum Gasteiger partial charge on any atom is -0.508 e. The second-order valence-corrected chi connectivity index (χ2v) is 6.10. The maximum atomic E-state index is 13.5. The summed E-state index contributed by atoms with van der Waals surface area (Å²) in [6.45, 7) is 1.58. The summed E-state index contributed by atoms with van der Waals surface area (Å²) >= 11 is 0. The summed E-state index contributed by atoms with van der Waals surface area (Å²) in [5, 5.41) is 19.9. The third-order valence-corrected chi connectivity index (χ3v) is 4.05. The Morgan fingerprint density at radius 3 is 2.50 bits per heavy atom. The number of aryl methyl sites for hydroxylation is 1. The van der Waals surface area contributed by atoms with E-state index in [0.29, 0.717) is 18.1 Å². The molecule has 0 atom stereocenters. The van der Waals surface area contributed by atoms with Gasteiger partial charge in [0, 0.05) is 12.1 Å². The monoisotopic (exact) mass is 364 g/mol. The molecular weight excluding hydrogens is 342 g/mol. The van der Waals surface area contributed by atoms with Crippen molar-refractivity contribution in [1.29, 1.82) is 0 Å². The summed E-state index contributed by atoms with van der Waals surface area (Å²) in [5.74, 6) is -2.91. The Kier molecular flexibility index (Phi) is 6.95. The number of phenolic OH excluding ortho intramolecular Hbond substituents is 2. The molecular formula is C20H22F2O4. The first kappa shape index (κ1) is 19.7. The van der Waals surface area contributed by atoms with Gasteiger partial charge >= 0.3 is 0 Å². The molecule has 0 spiro atoms. The maximum absolute atomic E-state index is 13.5. The number of unbranched alkanes of at least 4 members (excludes halogenated alkanes) is 3. The van der Waals surface area contributed by atoms with Gasteiger partial charge in [0.15, 0.2) is 18.2 Å². The Labute approximate surface area is 151 Å². The van der Waals surface area contributed by atoms with E-state index in [2.05, 4.69) is 6.92 Å². The van der Waals surface area contributed by atoms with Gasteiger partial charge in [-0.15, -0.1) is 0 Å². The van der Waals surface area contributed by atoms with E-state index >= 15 is 0 Å². The van der Waals surface area contributed by atoms with E-state index in [1.165, 1.54) is 6.07 Å². The molecule has 140 valence electrons. The van der Waals surface area contributed by atoms with E-state index in [0.717, 1.165) is 43.9 Å². The van der Waals surface area contributed by atoms with Crippen LogP contribution in [0.1, 0.15) is 48.5 Å². The first-order valence-corrected chi connectivity index (χ1v) is 8.58. The maximum Gasteiger partial charge on any atom is 0.203 e. The van der Waals surface area contributed by atoms with Gasteiger partial charge in [-0.05, 0) is 36.6 Å². The van der Waals surface area contributed by atoms with Crippen molar-refractivity contribution in [1.82, 2.24) is 0 Å². The fraction of sp³-hybridized carbons (Fsp3) is 0.350. The first-order valence-electron chi connectivity index (χ1n) is 8.58. The van der Waals surface area contributed by atoms with Crippen LogP contribution in [0.25, 0.3) is 0 Å². The Hall–Kier alpha value is -2.63. The van der Waals surface area contributed by atoms with E-state index in [-0.39, 0.29) is 22.8 Å². The molecule has 0 aromatic heterocycles. The third-order valence-electron chi connectivity index (χ3n) is 4.05. The standard InChI is InChI=1S/C20H22F2O4/c1-2-3-4-5-6-13-9-15(18(24)11-17(13)23)19(25)12-26-20-8-7-14(21)10-16(20)22/h7-11,23-24H,2-6,12H2,1H3. The van der Waals surface area contributed by atoms with Gasteiger partial charge in [-0.3, -0.25) is 4.79 Å². The molecule has 2 rings (SSSR count). The minimum atomic E-state index is -0.913. The van der Waals surface area contributed by atoms with Crippen molar-refractivity contribution in [3.63, 3.8) is 0 Å². The van der Waals surface area contributed by atoms with Gasteiger partial charge in [0.05, 0.1) is 5.56 Å². The summed E-state index contributed by atoms with van der Waals surface area (Å²) < 4.78 is 31.5. The van der Waals surface area contributed by atoms with E-state index in [9.17, 15) is 23.8 Å². The third kappa shape index (κ3) is 5.18. The molecule has 0 radical (unpaired) electrons. The van der Waals surface area contributed by atoms with E-state index in [1.54, 1.807) is 0 Å². The Bertz CT molecular complexity index is 775. The number of aromatic hydroxyl groups is 2. The molecule has 0 fully saturated rings. The zero-order chi connectivity index (χ0) is 19.1. The van der Waals surface area contributed by atoms with Crippen LogP contribution >= 0.6 is 0 Å². The predicted molar refractivity (Wildman–Crippen MR) is 93.8 cm³/mol. The van der Waals surface area contributed by atoms with Gasteiger partial charge < -0.3 is 14.9 Å². The van der Waals surface area contributed by atoms with Crippen molar-refractivity contribution < 1.29 is 28.5 Å². The van der Waals surface area contributed by atoms with E-state index in [1.807, 2.05) is 0 Å². The highest BCUT2D eigenvalue weighted by Crippen LogP contribution is 2.29. The van der Waals surface area contributed by atoms with Gasteiger partial charge in [-0.25, -0.2) is 8.78 Å². The summed E-state index contributed by atoms with van der Waals surface area (Å²) in [5.41, 5.74) is 0.561. The number of ketones is 1. The van der Waals surface area contributed by atoms with Crippen molar-refractivity contribution >= 4 is 5.78 Å². The zero-order valence-electron chi connectivity index (χ0n) is 14.6. The number of carbonyl (C=O) groups is 1. The number of halogens is 2. The number of rotatable bonds is 9. The molecule has 0 aliphatic rings. The van der Waals surface area contributed by atoms with Crippen LogP contribution in [-0.4, -0.2) is 22.6 Å². The molecule has 0 saturated heterocycles.